The predicted octanol–water partition coefficient (Wildman–Crippen LogP) is 3.02. The molecule has 1 aliphatic carbocycles. The zero-order valence-electron chi connectivity index (χ0n) is 12.8. The van der Waals surface area contributed by atoms with E-state index >= 15 is 0 Å². The van der Waals surface area contributed by atoms with Crippen molar-refractivity contribution in [1.29, 1.82) is 0 Å². The van der Waals surface area contributed by atoms with Gasteiger partial charge in [-0.05, 0) is 55.9 Å². The smallest absolute Gasteiger partial charge is 0.119 e. The van der Waals surface area contributed by atoms with Gasteiger partial charge in [-0.15, -0.1) is 0 Å². The molecule has 0 aromatic heterocycles. The molecule has 3 heteroatoms. The standard InChI is InChI=1S/C17H25NO2/c1-4-16(2)11-18-12-17(20-16)9-5-6-13-7-8-14(19-3)10-15(13)17/h7-8,10,18H,4-6,9,11-12H2,1-3H3. The van der Waals surface area contributed by atoms with Crippen LogP contribution in [-0.4, -0.2) is 25.8 Å². The molecule has 1 fully saturated rings. The van der Waals surface area contributed by atoms with Crippen LogP contribution in [0.5, 0.6) is 5.75 Å². The molecular weight excluding hydrogens is 250 g/mol. The van der Waals surface area contributed by atoms with Crippen molar-refractivity contribution >= 4 is 0 Å². The molecule has 3 rings (SSSR count). The number of hydrogen-bond donors (Lipinski definition) is 1. The lowest BCUT2D eigenvalue weighted by Crippen LogP contribution is -2.58. The maximum atomic E-state index is 6.66. The highest BCUT2D eigenvalue weighted by Crippen LogP contribution is 2.44. The van der Waals surface area contributed by atoms with E-state index in [1.54, 1.807) is 7.11 Å². The van der Waals surface area contributed by atoms with Crippen molar-refractivity contribution in [2.45, 2.75) is 50.7 Å². The number of benzene rings is 1. The van der Waals surface area contributed by atoms with Gasteiger partial charge in [-0.3, -0.25) is 0 Å². The maximum absolute atomic E-state index is 6.66. The molecule has 2 unspecified atom stereocenters. The van der Waals surface area contributed by atoms with Crippen molar-refractivity contribution in [2.24, 2.45) is 0 Å². The van der Waals surface area contributed by atoms with Gasteiger partial charge in [-0.25, -0.2) is 0 Å². The Morgan fingerprint density at radius 1 is 1.35 bits per heavy atom. The summed E-state index contributed by atoms with van der Waals surface area (Å²) in [5.74, 6) is 0.928. The van der Waals surface area contributed by atoms with Crippen molar-refractivity contribution in [3.05, 3.63) is 29.3 Å². The second-order valence-electron chi connectivity index (χ2n) is 6.38. The zero-order valence-corrected chi connectivity index (χ0v) is 12.8. The first kappa shape index (κ1) is 13.9. The van der Waals surface area contributed by atoms with Crippen molar-refractivity contribution in [1.82, 2.24) is 5.32 Å². The molecular formula is C17H25NO2. The Bertz CT molecular complexity index is 502. The van der Waals surface area contributed by atoms with Gasteiger partial charge in [0.15, 0.2) is 0 Å². The molecule has 2 aliphatic rings. The van der Waals surface area contributed by atoms with Crippen LogP contribution in [0.25, 0.3) is 0 Å². The van der Waals surface area contributed by atoms with Crippen molar-refractivity contribution < 1.29 is 9.47 Å². The van der Waals surface area contributed by atoms with Crippen LogP contribution in [0.4, 0.5) is 0 Å². The van der Waals surface area contributed by atoms with E-state index in [0.29, 0.717) is 0 Å². The molecule has 1 spiro atoms. The molecule has 110 valence electrons. The Morgan fingerprint density at radius 2 is 2.20 bits per heavy atom. The summed E-state index contributed by atoms with van der Waals surface area (Å²) in [4.78, 5) is 0. The van der Waals surface area contributed by atoms with E-state index in [1.165, 1.54) is 17.5 Å². The van der Waals surface area contributed by atoms with Gasteiger partial charge in [0, 0.05) is 13.1 Å². The number of nitrogens with one attached hydrogen (secondary N) is 1. The Morgan fingerprint density at radius 3 is 2.95 bits per heavy atom. The van der Waals surface area contributed by atoms with Gasteiger partial charge in [0.05, 0.1) is 12.7 Å². The van der Waals surface area contributed by atoms with Gasteiger partial charge in [0.1, 0.15) is 11.4 Å². The van der Waals surface area contributed by atoms with E-state index in [2.05, 4.69) is 37.4 Å². The molecule has 1 aromatic carbocycles. The van der Waals surface area contributed by atoms with Crippen molar-refractivity contribution in [3.63, 3.8) is 0 Å². The molecule has 1 N–H and O–H groups in total. The monoisotopic (exact) mass is 275 g/mol. The van der Waals surface area contributed by atoms with Crippen LogP contribution in [0.1, 0.15) is 44.2 Å². The molecule has 0 bridgehead atoms. The quantitative estimate of drug-likeness (QED) is 0.900. The lowest BCUT2D eigenvalue weighted by Gasteiger charge is -2.49. The summed E-state index contributed by atoms with van der Waals surface area (Å²) < 4.78 is 12.1. The summed E-state index contributed by atoms with van der Waals surface area (Å²) in [6.07, 6.45) is 4.46. The highest BCUT2D eigenvalue weighted by Gasteiger charge is 2.45. The van der Waals surface area contributed by atoms with Gasteiger partial charge in [-0.1, -0.05) is 13.0 Å². The Hall–Kier alpha value is -1.06. The number of aryl methyl sites for hydroxylation is 1. The van der Waals surface area contributed by atoms with Crippen molar-refractivity contribution in [3.8, 4) is 5.75 Å². The summed E-state index contributed by atoms with van der Waals surface area (Å²) >= 11 is 0. The van der Waals surface area contributed by atoms with Crippen LogP contribution in [-0.2, 0) is 16.8 Å². The molecule has 3 nitrogen and oxygen atoms in total. The first-order valence-corrected chi connectivity index (χ1v) is 7.69. The Kier molecular flexibility index (Phi) is 3.51. The van der Waals surface area contributed by atoms with Gasteiger partial charge >= 0.3 is 0 Å². The molecule has 2 atom stereocenters. The van der Waals surface area contributed by atoms with Gasteiger partial charge < -0.3 is 14.8 Å². The van der Waals surface area contributed by atoms with E-state index in [-0.39, 0.29) is 11.2 Å². The Balaban J connectivity index is 2.03. The van der Waals surface area contributed by atoms with Crippen molar-refractivity contribution in [2.75, 3.05) is 20.2 Å². The third-order valence-corrected chi connectivity index (χ3v) is 4.93. The highest BCUT2D eigenvalue weighted by molar-refractivity contribution is 5.42. The van der Waals surface area contributed by atoms with Crippen LogP contribution in [0.15, 0.2) is 18.2 Å². The topological polar surface area (TPSA) is 30.5 Å². The van der Waals surface area contributed by atoms with Crippen LogP contribution in [0, 0.1) is 0 Å². The molecule has 1 heterocycles. The zero-order chi connectivity index (χ0) is 14.2. The van der Waals surface area contributed by atoms with E-state index < -0.39 is 0 Å². The summed E-state index contributed by atoms with van der Waals surface area (Å²) in [5.41, 5.74) is 2.50. The highest BCUT2D eigenvalue weighted by atomic mass is 16.5. The molecule has 1 saturated heterocycles. The number of methoxy groups -OCH3 is 1. The van der Waals surface area contributed by atoms with Crippen LogP contribution >= 0.6 is 0 Å². The normalized spacial score (nSPS) is 33.0. The third-order valence-electron chi connectivity index (χ3n) is 4.93. The SMILES string of the molecule is CCC1(C)CNCC2(CCCc3ccc(OC)cc32)O1. The van der Waals surface area contributed by atoms with Gasteiger partial charge in [-0.2, -0.15) is 0 Å². The average Bonchev–Trinajstić information content (AvgIpc) is 2.47. The van der Waals surface area contributed by atoms with E-state index in [1.807, 2.05) is 0 Å². The molecule has 1 aromatic rings. The van der Waals surface area contributed by atoms with Gasteiger partial charge in [0.25, 0.3) is 0 Å². The van der Waals surface area contributed by atoms with Crippen LogP contribution in [0.3, 0.4) is 0 Å². The van der Waals surface area contributed by atoms with E-state index in [4.69, 9.17) is 9.47 Å². The largest absolute Gasteiger partial charge is 0.497 e. The molecule has 0 saturated carbocycles. The number of morpholine rings is 1. The lowest BCUT2D eigenvalue weighted by molar-refractivity contribution is -0.184. The van der Waals surface area contributed by atoms with E-state index in [9.17, 15) is 0 Å². The summed E-state index contributed by atoms with van der Waals surface area (Å²) in [6, 6.07) is 6.45. The Labute approximate surface area is 121 Å². The number of ether oxygens (including phenoxy) is 2. The van der Waals surface area contributed by atoms with Crippen LogP contribution < -0.4 is 10.1 Å². The number of rotatable bonds is 2. The lowest BCUT2D eigenvalue weighted by atomic mass is 9.77. The summed E-state index contributed by atoms with van der Waals surface area (Å²) in [5, 5.41) is 3.60. The second kappa shape index (κ2) is 5.05. The van der Waals surface area contributed by atoms with Crippen LogP contribution in [0.2, 0.25) is 0 Å². The minimum atomic E-state index is -0.175. The predicted molar refractivity (Wildman–Crippen MR) is 80.3 cm³/mol. The molecule has 20 heavy (non-hydrogen) atoms. The molecule has 1 aliphatic heterocycles. The average molecular weight is 275 g/mol. The number of fused-ring (bicyclic) bond motifs is 2. The first-order chi connectivity index (χ1) is 9.61. The summed E-state index contributed by atoms with van der Waals surface area (Å²) in [7, 11) is 1.73. The minimum Gasteiger partial charge on any atom is -0.497 e. The fourth-order valence-corrected chi connectivity index (χ4v) is 3.58. The fraction of sp³-hybridized carbons (Fsp3) is 0.647. The maximum Gasteiger partial charge on any atom is 0.119 e. The third kappa shape index (κ3) is 2.23. The minimum absolute atomic E-state index is 0.0735. The molecule has 0 radical (unpaired) electrons. The second-order valence-corrected chi connectivity index (χ2v) is 6.38. The molecule has 0 amide bonds. The fourth-order valence-electron chi connectivity index (χ4n) is 3.58. The first-order valence-electron chi connectivity index (χ1n) is 7.69. The number of hydrogen-bond acceptors (Lipinski definition) is 3. The summed E-state index contributed by atoms with van der Waals surface area (Å²) in [6.45, 7) is 6.26. The van der Waals surface area contributed by atoms with E-state index in [0.717, 1.165) is 38.1 Å². The van der Waals surface area contributed by atoms with Gasteiger partial charge in [0.2, 0.25) is 0 Å².